The summed E-state index contributed by atoms with van der Waals surface area (Å²) in [5.41, 5.74) is 0. The van der Waals surface area contributed by atoms with Gasteiger partial charge in [0.2, 0.25) is 9.84 Å². The summed E-state index contributed by atoms with van der Waals surface area (Å²) in [6.45, 7) is 0.370. The summed E-state index contributed by atoms with van der Waals surface area (Å²) in [4.78, 5) is 25.4. The molecule has 0 aliphatic carbocycles. The molecule has 6 nitrogen and oxygen atoms in total. The van der Waals surface area contributed by atoms with Crippen molar-refractivity contribution in [3.05, 3.63) is 47.3 Å². The number of rotatable bonds is 4. The maximum atomic E-state index is 12.6. The van der Waals surface area contributed by atoms with E-state index in [1.165, 1.54) is 29.2 Å². The molecule has 0 spiro atoms. The van der Waals surface area contributed by atoms with Crippen LogP contribution in [0.2, 0.25) is 0 Å². The zero-order valence-corrected chi connectivity index (χ0v) is 14.2. The largest absolute Gasteiger partial charge is 0.480 e. The van der Waals surface area contributed by atoms with Crippen molar-refractivity contribution in [2.75, 3.05) is 6.54 Å². The van der Waals surface area contributed by atoms with E-state index in [1.807, 2.05) is 0 Å². The van der Waals surface area contributed by atoms with Crippen LogP contribution in [0.3, 0.4) is 0 Å². The summed E-state index contributed by atoms with van der Waals surface area (Å²) in [6, 6.07) is 9.99. The number of likely N-dealkylation sites (tertiary alicyclic amines) is 1. The SMILES string of the molecule is O=C(O)C1CCCN1C(=O)c1ccc(S(=O)(=O)c2ccccc2)s1. The van der Waals surface area contributed by atoms with Crippen molar-refractivity contribution in [1.29, 1.82) is 0 Å². The molecule has 1 unspecified atom stereocenters. The maximum absolute atomic E-state index is 12.6. The van der Waals surface area contributed by atoms with Gasteiger partial charge in [0.25, 0.3) is 5.91 Å². The third-order valence-electron chi connectivity index (χ3n) is 3.91. The summed E-state index contributed by atoms with van der Waals surface area (Å²) in [5.74, 6) is -1.46. The molecule has 1 atom stereocenters. The Morgan fingerprint density at radius 1 is 1.12 bits per heavy atom. The highest BCUT2D eigenvalue weighted by Crippen LogP contribution is 2.30. The van der Waals surface area contributed by atoms with E-state index in [9.17, 15) is 23.1 Å². The number of hydrogen-bond donors (Lipinski definition) is 1. The molecular formula is C16H15NO5S2. The smallest absolute Gasteiger partial charge is 0.326 e. The second-order valence-corrected chi connectivity index (χ2v) is 8.69. The fraction of sp³-hybridized carbons (Fsp3) is 0.250. The molecule has 0 bridgehead atoms. The van der Waals surface area contributed by atoms with Gasteiger partial charge in [-0.3, -0.25) is 4.79 Å². The lowest BCUT2D eigenvalue weighted by atomic mass is 10.2. The Morgan fingerprint density at radius 3 is 2.50 bits per heavy atom. The Hall–Kier alpha value is -2.19. The quantitative estimate of drug-likeness (QED) is 0.897. The first kappa shape index (κ1) is 16.7. The Balaban J connectivity index is 1.88. The van der Waals surface area contributed by atoms with Crippen LogP contribution in [0.4, 0.5) is 0 Å². The number of hydrogen-bond acceptors (Lipinski definition) is 5. The molecule has 1 saturated heterocycles. The first-order valence-electron chi connectivity index (χ1n) is 7.35. The van der Waals surface area contributed by atoms with Gasteiger partial charge in [-0.05, 0) is 37.1 Å². The van der Waals surface area contributed by atoms with E-state index in [2.05, 4.69) is 0 Å². The number of thiophene rings is 1. The minimum atomic E-state index is -3.67. The van der Waals surface area contributed by atoms with Gasteiger partial charge in [0.05, 0.1) is 9.77 Å². The van der Waals surface area contributed by atoms with Gasteiger partial charge < -0.3 is 10.0 Å². The molecule has 1 aliphatic heterocycles. The van der Waals surface area contributed by atoms with Crippen molar-refractivity contribution in [3.63, 3.8) is 0 Å². The van der Waals surface area contributed by atoms with Gasteiger partial charge in [0, 0.05) is 6.54 Å². The van der Waals surface area contributed by atoms with Gasteiger partial charge in [-0.2, -0.15) is 0 Å². The summed E-state index contributed by atoms with van der Waals surface area (Å²) >= 11 is 0.871. The highest BCUT2D eigenvalue weighted by Gasteiger charge is 2.35. The molecule has 1 amide bonds. The van der Waals surface area contributed by atoms with Crippen molar-refractivity contribution in [3.8, 4) is 0 Å². The van der Waals surface area contributed by atoms with Gasteiger partial charge >= 0.3 is 5.97 Å². The average molecular weight is 365 g/mol. The van der Waals surface area contributed by atoms with Crippen LogP contribution < -0.4 is 0 Å². The lowest BCUT2D eigenvalue weighted by molar-refractivity contribution is -0.141. The number of amides is 1. The number of nitrogens with zero attached hydrogens (tertiary/aromatic N) is 1. The predicted octanol–water partition coefficient (Wildman–Crippen LogP) is 2.27. The predicted molar refractivity (Wildman–Crippen MR) is 87.9 cm³/mol. The molecule has 1 aromatic carbocycles. The van der Waals surface area contributed by atoms with Crippen molar-refractivity contribution in [2.45, 2.75) is 28.0 Å². The molecule has 0 radical (unpaired) electrons. The van der Waals surface area contributed by atoms with E-state index in [1.54, 1.807) is 18.2 Å². The number of carboxylic acid groups (broad SMARTS) is 1. The average Bonchev–Trinajstić information content (AvgIpc) is 3.24. The van der Waals surface area contributed by atoms with Crippen LogP contribution in [0.5, 0.6) is 0 Å². The molecule has 0 saturated carbocycles. The van der Waals surface area contributed by atoms with Gasteiger partial charge in [-0.25, -0.2) is 13.2 Å². The van der Waals surface area contributed by atoms with E-state index in [0.717, 1.165) is 11.3 Å². The molecule has 2 aromatic rings. The third-order valence-corrected chi connectivity index (χ3v) is 7.24. The molecule has 1 N–H and O–H groups in total. The van der Waals surface area contributed by atoms with Crippen LogP contribution in [0.25, 0.3) is 0 Å². The van der Waals surface area contributed by atoms with Gasteiger partial charge in [0.15, 0.2) is 0 Å². The standard InChI is InChI=1S/C16H15NO5S2/c18-15(17-10-4-7-12(17)16(19)20)13-8-9-14(23-13)24(21,22)11-5-2-1-3-6-11/h1-3,5-6,8-9,12H,4,7,10H2,(H,19,20). The zero-order valence-electron chi connectivity index (χ0n) is 12.6. The minimum absolute atomic E-state index is 0.0723. The molecule has 126 valence electrons. The molecule has 24 heavy (non-hydrogen) atoms. The first-order chi connectivity index (χ1) is 11.4. The Kier molecular flexibility index (Phi) is 4.42. The molecule has 8 heteroatoms. The van der Waals surface area contributed by atoms with Crippen LogP contribution in [-0.4, -0.2) is 42.9 Å². The molecule has 1 fully saturated rings. The molecule has 1 aromatic heterocycles. The summed E-state index contributed by atoms with van der Waals surface area (Å²) in [5, 5.41) is 9.18. The summed E-state index contributed by atoms with van der Waals surface area (Å²) < 4.78 is 25.2. The molecular weight excluding hydrogens is 350 g/mol. The lowest BCUT2D eigenvalue weighted by Gasteiger charge is -2.20. The van der Waals surface area contributed by atoms with Gasteiger partial charge in [-0.15, -0.1) is 11.3 Å². The number of carbonyl (C=O) groups excluding carboxylic acids is 1. The van der Waals surface area contributed by atoms with E-state index in [4.69, 9.17) is 0 Å². The van der Waals surface area contributed by atoms with Crippen LogP contribution in [-0.2, 0) is 14.6 Å². The van der Waals surface area contributed by atoms with Crippen molar-refractivity contribution >= 4 is 33.1 Å². The van der Waals surface area contributed by atoms with Crippen LogP contribution in [0.1, 0.15) is 22.5 Å². The highest BCUT2D eigenvalue weighted by molar-refractivity contribution is 7.93. The summed E-state index contributed by atoms with van der Waals surface area (Å²) in [6.07, 6.45) is 1.05. The van der Waals surface area contributed by atoms with E-state index in [0.29, 0.717) is 19.4 Å². The maximum Gasteiger partial charge on any atom is 0.326 e. The van der Waals surface area contributed by atoms with Crippen molar-refractivity contribution < 1.29 is 23.1 Å². The number of benzene rings is 1. The third kappa shape index (κ3) is 2.94. The van der Waals surface area contributed by atoms with E-state index >= 15 is 0 Å². The minimum Gasteiger partial charge on any atom is -0.480 e. The van der Waals surface area contributed by atoms with E-state index in [-0.39, 0.29) is 14.0 Å². The van der Waals surface area contributed by atoms with Crippen molar-refractivity contribution in [1.82, 2.24) is 4.90 Å². The number of carboxylic acids is 1. The van der Waals surface area contributed by atoms with Crippen LogP contribution in [0, 0.1) is 0 Å². The number of carbonyl (C=O) groups is 2. The van der Waals surface area contributed by atoms with Crippen molar-refractivity contribution in [2.24, 2.45) is 0 Å². The Morgan fingerprint density at radius 2 is 1.83 bits per heavy atom. The molecule has 3 rings (SSSR count). The van der Waals surface area contributed by atoms with Gasteiger partial charge in [-0.1, -0.05) is 18.2 Å². The second kappa shape index (κ2) is 6.37. The number of aliphatic carboxylic acids is 1. The zero-order chi connectivity index (χ0) is 17.3. The monoisotopic (exact) mass is 365 g/mol. The lowest BCUT2D eigenvalue weighted by Crippen LogP contribution is -2.40. The first-order valence-corrected chi connectivity index (χ1v) is 9.65. The van der Waals surface area contributed by atoms with Gasteiger partial charge in [0.1, 0.15) is 10.3 Å². The summed E-state index contributed by atoms with van der Waals surface area (Å²) in [7, 11) is -3.67. The highest BCUT2D eigenvalue weighted by atomic mass is 32.2. The fourth-order valence-corrected chi connectivity index (χ4v) is 5.39. The molecule has 1 aliphatic rings. The van der Waals surface area contributed by atoms with Crippen LogP contribution in [0.15, 0.2) is 51.6 Å². The topological polar surface area (TPSA) is 91.8 Å². The Labute approximate surface area is 143 Å². The number of sulfone groups is 1. The second-order valence-electron chi connectivity index (χ2n) is 5.43. The Bertz CT molecular complexity index is 873. The van der Waals surface area contributed by atoms with E-state index < -0.39 is 27.8 Å². The molecule has 2 heterocycles. The van der Waals surface area contributed by atoms with Crippen LogP contribution >= 0.6 is 11.3 Å². The fourth-order valence-electron chi connectivity index (χ4n) is 2.70. The normalized spacial score (nSPS) is 17.8.